The monoisotopic (exact) mass is 377 g/mol. The number of nitrogens with zero attached hydrogens (tertiary/aromatic N) is 3. The topological polar surface area (TPSA) is 88.5 Å². The molecule has 7 heteroatoms. The summed E-state index contributed by atoms with van der Waals surface area (Å²) in [5, 5.41) is 9.53. The van der Waals surface area contributed by atoms with Crippen LogP contribution in [-0.2, 0) is 9.53 Å². The lowest BCUT2D eigenvalue weighted by Gasteiger charge is -2.21. The minimum atomic E-state index is -1.03. The van der Waals surface area contributed by atoms with E-state index < -0.39 is 12.1 Å². The SMILES string of the molecule is Cc1oc(-n2cccc2)c(C#N)c1C(=O)O[C@@H](C)C(=O)N(C)c1ccccc1. The number of esters is 1. The average Bonchev–Trinajstić information content (AvgIpc) is 3.34. The molecule has 1 atom stereocenters. The van der Waals surface area contributed by atoms with E-state index in [1.807, 2.05) is 24.3 Å². The zero-order valence-corrected chi connectivity index (χ0v) is 15.7. The van der Waals surface area contributed by atoms with Crippen molar-refractivity contribution in [1.29, 1.82) is 5.26 Å². The van der Waals surface area contributed by atoms with Gasteiger partial charge in [-0.15, -0.1) is 0 Å². The lowest BCUT2D eigenvalue weighted by molar-refractivity contribution is -0.126. The van der Waals surface area contributed by atoms with E-state index in [-0.39, 0.29) is 28.7 Å². The molecule has 28 heavy (non-hydrogen) atoms. The van der Waals surface area contributed by atoms with Crippen LogP contribution in [0.15, 0.2) is 59.3 Å². The normalized spacial score (nSPS) is 11.5. The molecular weight excluding hydrogens is 358 g/mol. The van der Waals surface area contributed by atoms with E-state index in [1.54, 1.807) is 55.2 Å². The van der Waals surface area contributed by atoms with Crippen LogP contribution < -0.4 is 4.90 Å². The van der Waals surface area contributed by atoms with E-state index in [9.17, 15) is 14.9 Å². The highest BCUT2D eigenvalue weighted by molar-refractivity contribution is 6.00. The number of aryl methyl sites for hydroxylation is 1. The smallest absolute Gasteiger partial charge is 0.343 e. The van der Waals surface area contributed by atoms with Gasteiger partial charge in [-0.1, -0.05) is 18.2 Å². The largest absolute Gasteiger partial charge is 0.449 e. The highest BCUT2D eigenvalue weighted by Gasteiger charge is 2.29. The first-order valence-electron chi connectivity index (χ1n) is 8.64. The second kappa shape index (κ2) is 7.84. The maximum atomic E-state index is 12.7. The first-order valence-corrected chi connectivity index (χ1v) is 8.64. The summed E-state index contributed by atoms with van der Waals surface area (Å²) in [6, 6.07) is 14.6. The van der Waals surface area contributed by atoms with Crippen LogP contribution in [0.4, 0.5) is 5.69 Å². The van der Waals surface area contributed by atoms with Gasteiger partial charge in [-0.05, 0) is 38.1 Å². The van der Waals surface area contributed by atoms with E-state index >= 15 is 0 Å². The van der Waals surface area contributed by atoms with Crippen LogP contribution in [0.3, 0.4) is 0 Å². The van der Waals surface area contributed by atoms with Crippen LogP contribution in [-0.4, -0.2) is 29.6 Å². The first kappa shape index (κ1) is 19.0. The number of hydrogen-bond acceptors (Lipinski definition) is 5. The Bertz CT molecular complexity index is 1030. The standard InChI is InChI=1S/C21H19N3O4/c1-14-18(17(13-22)20(27-14)24-11-7-8-12-24)21(26)28-15(2)19(25)23(3)16-9-5-4-6-10-16/h4-12,15H,1-3H3/t15-/m0/s1. The van der Waals surface area contributed by atoms with Crippen molar-refractivity contribution in [3.8, 4) is 12.0 Å². The van der Waals surface area contributed by atoms with Crippen LogP contribution in [0.2, 0.25) is 0 Å². The van der Waals surface area contributed by atoms with Crippen molar-refractivity contribution < 1.29 is 18.7 Å². The Morgan fingerprint density at radius 3 is 2.43 bits per heavy atom. The van der Waals surface area contributed by atoms with Crippen molar-refractivity contribution in [3.05, 3.63) is 71.7 Å². The molecule has 0 aliphatic heterocycles. The molecule has 2 heterocycles. The quantitative estimate of drug-likeness (QED) is 0.635. The zero-order chi connectivity index (χ0) is 20.3. The Balaban J connectivity index is 1.81. The number of likely N-dealkylation sites (N-methyl/N-ethyl adjacent to an activating group) is 1. The fourth-order valence-electron chi connectivity index (χ4n) is 2.85. The molecule has 0 spiro atoms. The van der Waals surface area contributed by atoms with Gasteiger partial charge in [-0.3, -0.25) is 9.36 Å². The number of carbonyl (C=O) groups excluding carboxylic acids is 2. The summed E-state index contributed by atoms with van der Waals surface area (Å²) in [7, 11) is 1.61. The summed E-state index contributed by atoms with van der Waals surface area (Å²) in [6.45, 7) is 3.07. The van der Waals surface area contributed by atoms with Crippen LogP contribution in [0, 0.1) is 18.3 Å². The number of aromatic nitrogens is 1. The van der Waals surface area contributed by atoms with Crippen molar-refractivity contribution in [2.45, 2.75) is 20.0 Å². The summed E-state index contributed by atoms with van der Waals surface area (Å²) in [4.78, 5) is 26.7. The number of amides is 1. The third-order valence-corrected chi connectivity index (χ3v) is 4.33. The molecule has 0 aliphatic rings. The van der Waals surface area contributed by atoms with Gasteiger partial charge in [-0.2, -0.15) is 5.26 Å². The van der Waals surface area contributed by atoms with Gasteiger partial charge >= 0.3 is 5.97 Å². The third-order valence-electron chi connectivity index (χ3n) is 4.33. The predicted molar refractivity (Wildman–Crippen MR) is 102 cm³/mol. The first-order chi connectivity index (χ1) is 13.4. The Kier molecular flexibility index (Phi) is 5.32. The van der Waals surface area contributed by atoms with Crippen LogP contribution in [0.25, 0.3) is 5.88 Å². The lowest BCUT2D eigenvalue weighted by Crippen LogP contribution is -2.37. The molecule has 3 aromatic rings. The molecule has 0 N–H and O–H groups in total. The summed E-state index contributed by atoms with van der Waals surface area (Å²) >= 11 is 0. The molecule has 2 aromatic heterocycles. The van der Waals surface area contributed by atoms with Crippen LogP contribution >= 0.6 is 0 Å². The second-order valence-corrected chi connectivity index (χ2v) is 6.20. The van der Waals surface area contributed by atoms with Gasteiger partial charge in [0.25, 0.3) is 5.91 Å². The molecule has 0 bridgehead atoms. The Labute approximate surface area is 162 Å². The fourth-order valence-corrected chi connectivity index (χ4v) is 2.85. The van der Waals surface area contributed by atoms with Gasteiger partial charge < -0.3 is 14.1 Å². The fraction of sp³-hybridized carbons (Fsp3) is 0.190. The summed E-state index contributed by atoms with van der Waals surface area (Å²) in [5.74, 6) is -0.679. The van der Waals surface area contributed by atoms with Crippen LogP contribution in [0.5, 0.6) is 0 Å². The van der Waals surface area contributed by atoms with Gasteiger partial charge in [0.1, 0.15) is 23.0 Å². The number of ether oxygens (including phenoxy) is 1. The van der Waals surface area contributed by atoms with Crippen molar-refractivity contribution in [3.63, 3.8) is 0 Å². The van der Waals surface area contributed by atoms with Gasteiger partial charge in [0, 0.05) is 25.1 Å². The maximum absolute atomic E-state index is 12.7. The predicted octanol–water partition coefficient (Wildman–Crippen LogP) is 3.46. The Morgan fingerprint density at radius 2 is 1.82 bits per heavy atom. The van der Waals surface area contributed by atoms with E-state index in [0.717, 1.165) is 0 Å². The van der Waals surface area contributed by atoms with E-state index in [2.05, 4.69) is 0 Å². The molecule has 0 aliphatic carbocycles. The van der Waals surface area contributed by atoms with Crippen molar-refractivity contribution in [2.75, 3.05) is 11.9 Å². The van der Waals surface area contributed by atoms with Gasteiger partial charge in [0.05, 0.1) is 0 Å². The average molecular weight is 377 g/mol. The lowest BCUT2D eigenvalue weighted by atomic mass is 10.1. The molecule has 3 rings (SSSR count). The molecular formula is C21H19N3O4. The van der Waals surface area contributed by atoms with Gasteiger partial charge in [0.2, 0.25) is 5.88 Å². The highest BCUT2D eigenvalue weighted by Crippen LogP contribution is 2.26. The number of rotatable bonds is 5. The molecule has 0 fully saturated rings. The summed E-state index contributed by atoms with van der Waals surface area (Å²) in [5.41, 5.74) is 0.769. The summed E-state index contributed by atoms with van der Waals surface area (Å²) < 4.78 is 12.5. The minimum Gasteiger partial charge on any atom is -0.449 e. The maximum Gasteiger partial charge on any atom is 0.343 e. The number of hydrogen-bond donors (Lipinski definition) is 0. The molecule has 1 aromatic carbocycles. The molecule has 0 saturated heterocycles. The Morgan fingerprint density at radius 1 is 1.18 bits per heavy atom. The van der Waals surface area contributed by atoms with E-state index in [1.165, 1.54) is 11.8 Å². The molecule has 142 valence electrons. The minimum absolute atomic E-state index is 0.0215. The molecule has 1 amide bonds. The van der Waals surface area contributed by atoms with Gasteiger partial charge in [0.15, 0.2) is 6.10 Å². The van der Waals surface area contributed by atoms with E-state index in [0.29, 0.717) is 5.69 Å². The number of carbonyl (C=O) groups is 2. The van der Waals surface area contributed by atoms with Crippen LogP contribution in [0.1, 0.15) is 28.6 Å². The number of anilines is 1. The Hall–Kier alpha value is -3.79. The van der Waals surface area contributed by atoms with Crippen molar-refractivity contribution in [2.24, 2.45) is 0 Å². The zero-order valence-electron chi connectivity index (χ0n) is 15.7. The molecule has 7 nitrogen and oxygen atoms in total. The number of nitriles is 1. The number of para-hydroxylation sites is 1. The second-order valence-electron chi connectivity index (χ2n) is 6.20. The van der Waals surface area contributed by atoms with Crippen molar-refractivity contribution in [1.82, 2.24) is 4.57 Å². The van der Waals surface area contributed by atoms with Crippen molar-refractivity contribution >= 4 is 17.6 Å². The summed E-state index contributed by atoms with van der Waals surface area (Å²) in [6.07, 6.45) is 2.37. The van der Waals surface area contributed by atoms with Gasteiger partial charge in [-0.25, -0.2) is 4.79 Å². The number of furan rings is 1. The van der Waals surface area contributed by atoms with E-state index in [4.69, 9.17) is 9.15 Å². The molecule has 0 unspecified atom stereocenters. The molecule has 0 radical (unpaired) electrons. The number of benzene rings is 1. The highest BCUT2D eigenvalue weighted by atomic mass is 16.5. The molecule has 0 saturated carbocycles. The third kappa shape index (κ3) is 3.53.